The van der Waals surface area contributed by atoms with Gasteiger partial charge in [0.2, 0.25) is 5.91 Å². The molecule has 0 spiro atoms. The Balaban J connectivity index is 1.84. The number of carbonyl (C=O) groups is 2. The van der Waals surface area contributed by atoms with Crippen molar-refractivity contribution in [2.45, 2.75) is 20.3 Å². The Morgan fingerprint density at radius 2 is 1.81 bits per heavy atom. The number of amides is 1. The molecule has 3 rings (SSSR count). The highest BCUT2D eigenvalue weighted by molar-refractivity contribution is 5.96. The van der Waals surface area contributed by atoms with Gasteiger partial charge in [0.05, 0.1) is 5.92 Å². The van der Waals surface area contributed by atoms with E-state index in [-0.39, 0.29) is 17.7 Å². The predicted octanol–water partition coefficient (Wildman–Crippen LogP) is 1.43. The van der Waals surface area contributed by atoms with E-state index in [1.54, 1.807) is 0 Å². The highest BCUT2D eigenvalue weighted by Crippen LogP contribution is 2.48. The molecular weight excluding hydrogens is 266 g/mol. The van der Waals surface area contributed by atoms with E-state index in [9.17, 15) is 14.7 Å². The predicted molar refractivity (Wildman–Crippen MR) is 77.3 cm³/mol. The molecule has 0 heterocycles. The number of aryl methyl sites for hydroxylation is 1. The molecule has 0 saturated heterocycles. The number of rotatable bonds is 3. The molecule has 21 heavy (non-hydrogen) atoms. The second-order valence-corrected chi connectivity index (χ2v) is 6.06. The molecule has 0 aromatic heterocycles. The van der Waals surface area contributed by atoms with Crippen LogP contribution in [-0.4, -0.2) is 11.9 Å². The summed E-state index contributed by atoms with van der Waals surface area (Å²) in [5.74, 6) is -2.60. The number of hydrogen-bond acceptors (Lipinski definition) is 3. The summed E-state index contributed by atoms with van der Waals surface area (Å²) in [7, 11) is 0. The molecule has 4 atom stereocenters. The zero-order valence-electron chi connectivity index (χ0n) is 12.1. The molecule has 0 radical (unpaired) electrons. The zero-order valence-corrected chi connectivity index (χ0v) is 12.1. The number of anilines is 1. The van der Waals surface area contributed by atoms with Gasteiger partial charge in [-0.3, -0.25) is 4.79 Å². The summed E-state index contributed by atoms with van der Waals surface area (Å²) in [6.45, 7) is 3.93. The monoisotopic (exact) mass is 284 g/mol. The van der Waals surface area contributed by atoms with Crippen LogP contribution in [-0.2, 0) is 9.59 Å². The van der Waals surface area contributed by atoms with Gasteiger partial charge in [-0.05, 0) is 49.3 Å². The van der Waals surface area contributed by atoms with Crippen molar-refractivity contribution in [3.05, 3.63) is 41.5 Å². The van der Waals surface area contributed by atoms with Crippen LogP contribution in [0, 0.1) is 37.5 Å². The molecule has 1 fully saturated rings. The molecule has 1 saturated carbocycles. The lowest BCUT2D eigenvalue weighted by atomic mass is 9.82. The van der Waals surface area contributed by atoms with Crippen molar-refractivity contribution < 1.29 is 14.7 Å². The first-order valence-electron chi connectivity index (χ1n) is 7.25. The molecule has 2 aliphatic carbocycles. The molecule has 1 aromatic rings. The van der Waals surface area contributed by atoms with Crippen molar-refractivity contribution in [1.82, 2.24) is 0 Å². The number of carbonyl (C=O) groups excluding carboxylic acids is 2. The van der Waals surface area contributed by atoms with E-state index in [0.29, 0.717) is 0 Å². The van der Waals surface area contributed by atoms with Gasteiger partial charge in [0, 0.05) is 17.6 Å². The second kappa shape index (κ2) is 5.02. The van der Waals surface area contributed by atoms with Crippen molar-refractivity contribution in [3.63, 3.8) is 0 Å². The summed E-state index contributed by atoms with van der Waals surface area (Å²) in [6.07, 6.45) is 4.62. The van der Waals surface area contributed by atoms with Crippen LogP contribution in [0.3, 0.4) is 0 Å². The van der Waals surface area contributed by atoms with Crippen LogP contribution in [0.4, 0.5) is 5.69 Å². The van der Waals surface area contributed by atoms with Crippen LogP contribution in [0.1, 0.15) is 17.5 Å². The van der Waals surface area contributed by atoms with Crippen LogP contribution >= 0.6 is 0 Å². The smallest absolute Gasteiger partial charge is 0.228 e. The molecule has 2 aliphatic rings. The number of carboxylic acid groups (broad SMARTS) is 1. The number of benzene rings is 1. The van der Waals surface area contributed by atoms with Gasteiger partial charge in [0.25, 0.3) is 0 Å². The van der Waals surface area contributed by atoms with Crippen LogP contribution < -0.4 is 10.4 Å². The Hall–Kier alpha value is -2.10. The lowest BCUT2D eigenvalue weighted by Gasteiger charge is -2.28. The van der Waals surface area contributed by atoms with Crippen LogP contribution in [0.15, 0.2) is 30.4 Å². The zero-order chi connectivity index (χ0) is 15.1. The summed E-state index contributed by atoms with van der Waals surface area (Å²) in [5.41, 5.74) is 2.86. The van der Waals surface area contributed by atoms with Gasteiger partial charge in [-0.1, -0.05) is 24.3 Å². The van der Waals surface area contributed by atoms with E-state index in [1.165, 1.54) is 0 Å². The summed E-state index contributed by atoms with van der Waals surface area (Å²) < 4.78 is 0. The highest BCUT2D eigenvalue weighted by Gasteiger charge is 2.48. The Morgan fingerprint density at radius 3 is 2.48 bits per heavy atom. The van der Waals surface area contributed by atoms with Gasteiger partial charge in [-0.2, -0.15) is 0 Å². The van der Waals surface area contributed by atoms with Gasteiger partial charge in [-0.15, -0.1) is 0 Å². The lowest BCUT2D eigenvalue weighted by molar-refractivity contribution is -0.313. The Kier molecular flexibility index (Phi) is 3.32. The Labute approximate surface area is 123 Å². The average Bonchev–Trinajstić information content (AvgIpc) is 3.04. The van der Waals surface area contributed by atoms with E-state index in [1.807, 2.05) is 44.2 Å². The number of carboxylic acids is 1. The quantitative estimate of drug-likeness (QED) is 0.854. The second-order valence-electron chi connectivity index (χ2n) is 6.06. The summed E-state index contributed by atoms with van der Waals surface area (Å²) in [6, 6.07) is 5.71. The molecule has 4 heteroatoms. The molecule has 0 aliphatic heterocycles. The third-order valence-corrected chi connectivity index (χ3v) is 4.90. The minimum Gasteiger partial charge on any atom is -0.550 e. The number of fused-ring (bicyclic) bond motifs is 2. The number of hydrogen-bond donors (Lipinski definition) is 1. The van der Waals surface area contributed by atoms with Gasteiger partial charge < -0.3 is 15.2 Å². The largest absolute Gasteiger partial charge is 0.550 e. The maximum absolute atomic E-state index is 12.5. The molecule has 0 unspecified atom stereocenters. The molecule has 1 amide bonds. The molecule has 2 bridgehead atoms. The van der Waals surface area contributed by atoms with Crippen molar-refractivity contribution in [2.24, 2.45) is 23.7 Å². The third kappa shape index (κ3) is 2.24. The lowest BCUT2D eigenvalue weighted by Crippen LogP contribution is -2.42. The fourth-order valence-electron chi connectivity index (χ4n) is 3.60. The molecule has 110 valence electrons. The first kappa shape index (κ1) is 13.9. The first-order chi connectivity index (χ1) is 9.99. The maximum Gasteiger partial charge on any atom is 0.228 e. The fourth-order valence-corrected chi connectivity index (χ4v) is 3.60. The third-order valence-electron chi connectivity index (χ3n) is 4.90. The van der Waals surface area contributed by atoms with E-state index in [4.69, 9.17) is 0 Å². The number of allylic oxidation sites excluding steroid dienone is 2. The van der Waals surface area contributed by atoms with Crippen molar-refractivity contribution >= 4 is 17.6 Å². The number of nitrogens with one attached hydrogen (secondary N) is 1. The van der Waals surface area contributed by atoms with Gasteiger partial charge >= 0.3 is 0 Å². The normalized spacial score (nSPS) is 29.6. The minimum absolute atomic E-state index is 0.0167. The van der Waals surface area contributed by atoms with Crippen molar-refractivity contribution in [2.75, 3.05) is 5.32 Å². The number of aliphatic carboxylic acids is 1. The molecule has 4 nitrogen and oxygen atoms in total. The van der Waals surface area contributed by atoms with E-state index < -0.39 is 17.8 Å². The Bertz CT molecular complexity index is 635. The van der Waals surface area contributed by atoms with Crippen LogP contribution in [0.5, 0.6) is 0 Å². The average molecular weight is 284 g/mol. The highest BCUT2D eigenvalue weighted by atomic mass is 16.4. The summed E-state index contributed by atoms with van der Waals surface area (Å²) in [5, 5.41) is 14.3. The minimum atomic E-state index is -1.12. The molecule has 1 N–H and O–H groups in total. The first-order valence-corrected chi connectivity index (χ1v) is 7.25. The summed E-state index contributed by atoms with van der Waals surface area (Å²) >= 11 is 0. The van der Waals surface area contributed by atoms with Crippen molar-refractivity contribution in [3.8, 4) is 0 Å². The molecule has 1 aromatic carbocycles. The van der Waals surface area contributed by atoms with Gasteiger partial charge in [0.1, 0.15) is 0 Å². The van der Waals surface area contributed by atoms with Crippen molar-refractivity contribution in [1.29, 1.82) is 0 Å². The maximum atomic E-state index is 12.5. The van der Waals surface area contributed by atoms with Gasteiger partial charge in [-0.25, -0.2) is 0 Å². The van der Waals surface area contributed by atoms with E-state index >= 15 is 0 Å². The van der Waals surface area contributed by atoms with Crippen LogP contribution in [0.25, 0.3) is 0 Å². The molecular formula is C17H18NO3-. The Morgan fingerprint density at radius 1 is 1.14 bits per heavy atom. The standard InChI is InChI=1S/C17H19NO3/c1-9-4-3-5-13(10(9)2)18-16(19)14-11-6-7-12(8-11)15(14)17(20)21/h3-7,11-12,14-15H,8H2,1-2H3,(H,18,19)(H,20,21)/p-1/t11-,12+,14+,15+/m1/s1. The van der Waals surface area contributed by atoms with Crippen LogP contribution in [0.2, 0.25) is 0 Å². The fraction of sp³-hybridized carbons (Fsp3) is 0.412. The SMILES string of the molecule is Cc1cccc(NC(=O)[C@@H]2[C@@H](C(=O)[O-])[C@H]3C=C[C@@H]2C3)c1C. The van der Waals surface area contributed by atoms with E-state index in [0.717, 1.165) is 23.2 Å². The van der Waals surface area contributed by atoms with E-state index in [2.05, 4.69) is 5.32 Å². The van der Waals surface area contributed by atoms with Gasteiger partial charge in [0.15, 0.2) is 0 Å². The summed E-state index contributed by atoms with van der Waals surface area (Å²) in [4.78, 5) is 23.9. The topological polar surface area (TPSA) is 69.2 Å².